The van der Waals surface area contributed by atoms with Gasteiger partial charge in [-0.05, 0) is 30.5 Å². The highest BCUT2D eigenvalue weighted by atomic mass is 79.9. The van der Waals surface area contributed by atoms with E-state index in [1.165, 1.54) is 12.7 Å². The van der Waals surface area contributed by atoms with Crippen LogP contribution in [0.3, 0.4) is 0 Å². The Kier molecular flexibility index (Phi) is 5.25. The Hall–Kier alpha value is -0.580. The van der Waals surface area contributed by atoms with Gasteiger partial charge in [-0.1, -0.05) is 28.1 Å². The molecule has 0 amide bonds. The van der Waals surface area contributed by atoms with Crippen LogP contribution in [0, 0.1) is 0 Å². The maximum absolute atomic E-state index is 11.5. The van der Waals surface area contributed by atoms with Gasteiger partial charge in [0, 0.05) is 22.4 Å². The zero-order chi connectivity index (χ0) is 13.8. The van der Waals surface area contributed by atoms with Gasteiger partial charge < -0.3 is 4.74 Å². The summed E-state index contributed by atoms with van der Waals surface area (Å²) in [5.74, 6) is -0.199. The number of methoxy groups -OCH3 is 1. The average Bonchev–Trinajstić information content (AvgIpc) is 2.41. The first kappa shape index (κ1) is 14.8. The molecule has 1 heterocycles. The van der Waals surface area contributed by atoms with Crippen LogP contribution in [0.5, 0.6) is 0 Å². The first-order valence-electron chi connectivity index (χ1n) is 6.30. The van der Waals surface area contributed by atoms with E-state index < -0.39 is 0 Å². The van der Waals surface area contributed by atoms with Crippen LogP contribution in [-0.4, -0.2) is 36.4 Å². The normalized spacial score (nSPS) is 24.2. The molecule has 1 aromatic carbocycles. The molecule has 0 bridgehead atoms. The van der Waals surface area contributed by atoms with E-state index in [1.807, 2.05) is 12.1 Å². The largest absolute Gasteiger partial charge is 0.468 e. The van der Waals surface area contributed by atoms with Crippen molar-refractivity contribution in [2.75, 3.05) is 20.2 Å². The molecule has 3 nitrogen and oxygen atoms in total. The lowest BCUT2D eigenvalue weighted by Gasteiger charge is -2.37. The van der Waals surface area contributed by atoms with Gasteiger partial charge in [-0.3, -0.25) is 9.69 Å². The Bertz CT molecular complexity index is 438. The van der Waals surface area contributed by atoms with E-state index in [0.717, 1.165) is 23.9 Å². The summed E-state index contributed by atoms with van der Waals surface area (Å²) >= 11 is 9.71. The fraction of sp³-hybridized carbons (Fsp3) is 0.500. The van der Waals surface area contributed by atoms with Crippen LogP contribution in [0.1, 0.15) is 24.4 Å². The second-order valence-electron chi connectivity index (χ2n) is 4.74. The van der Waals surface area contributed by atoms with E-state index in [2.05, 4.69) is 33.0 Å². The smallest absolute Gasteiger partial charge is 0.319 e. The standard InChI is InChI=1S/C14H17BrClNO2/c1-19-14(18)9-17-7-6-12(16)8-13(17)10-2-4-11(15)5-3-10/h2-5,12-13H,6-9H2,1H3. The molecule has 0 saturated carbocycles. The number of alkyl halides is 1. The number of esters is 1. The van der Waals surface area contributed by atoms with Crippen LogP contribution in [0.4, 0.5) is 0 Å². The molecule has 0 aromatic heterocycles. The second kappa shape index (κ2) is 6.73. The predicted octanol–water partition coefficient (Wildman–Crippen LogP) is 3.37. The van der Waals surface area contributed by atoms with Crippen molar-refractivity contribution in [1.82, 2.24) is 4.90 Å². The van der Waals surface area contributed by atoms with Gasteiger partial charge in [-0.2, -0.15) is 0 Å². The topological polar surface area (TPSA) is 29.5 Å². The number of likely N-dealkylation sites (tertiary alicyclic amines) is 1. The number of halogens is 2. The molecule has 1 aliphatic heterocycles. The van der Waals surface area contributed by atoms with Gasteiger partial charge in [0.15, 0.2) is 0 Å². The molecular weight excluding hydrogens is 330 g/mol. The number of nitrogens with zero attached hydrogens (tertiary/aromatic N) is 1. The van der Waals surface area contributed by atoms with E-state index in [-0.39, 0.29) is 17.4 Å². The highest BCUT2D eigenvalue weighted by Crippen LogP contribution is 2.33. The number of piperidine rings is 1. The third-order valence-electron chi connectivity index (χ3n) is 3.46. The lowest BCUT2D eigenvalue weighted by Crippen LogP contribution is -2.40. The maximum atomic E-state index is 11.5. The number of rotatable bonds is 3. The number of benzene rings is 1. The second-order valence-corrected chi connectivity index (χ2v) is 6.27. The van der Waals surface area contributed by atoms with Crippen LogP contribution in [0.25, 0.3) is 0 Å². The number of hydrogen-bond acceptors (Lipinski definition) is 3. The molecule has 0 radical (unpaired) electrons. The van der Waals surface area contributed by atoms with Crippen LogP contribution < -0.4 is 0 Å². The van der Waals surface area contributed by atoms with E-state index in [9.17, 15) is 4.79 Å². The molecule has 1 aromatic rings. The summed E-state index contributed by atoms with van der Waals surface area (Å²) in [7, 11) is 1.42. The highest BCUT2D eigenvalue weighted by Gasteiger charge is 2.30. The van der Waals surface area contributed by atoms with Crippen LogP contribution in [-0.2, 0) is 9.53 Å². The van der Waals surface area contributed by atoms with Gasteiger partial charge in [0.25, 0.3) is 0 Å². The zero-order valence-electron chi connectivity index (χ0n) is 10.8. The monoisotopic (exact) mass is 345 g/mol. The summed E-state index contributed by atoms with van der Waals surface area (Å²) in [5, 5.41) is 0.169. The summed E-state index contributed by atoms with van der Waals surface area (Å²) in [6.07, 6.45) is 1.77. The molecule has 0 aliphatic carbocycles. The van der Waals surface area contributed by atoms with E-state index in [0.29, 0.717) is 6.54 Å². The van der Waals surface area contributed by atoms with Gasteiger partial charge in [0.2, 0.25) is 0 Å². The van der Waals surface area contributed by atoms with Crippen LogP contribution in [0.15, 0.2) is 28.7 Å². The maximum Gasteiger partial charge on any atom is 0.319 e. The minimum absolute atomic E-state index is 0.169. The number of hydrogen-bond donors (Lipinski definition) is 0. The van der Waals surface area contributed by atoms with E-state index in [1.54, 1.807) is 0 Å². The SMILES string of the molecule is COC(=O)CN1CCC(Cl)CC1c1ccc(Br)cc1. The molecule has 104 valence electrons. The molecule has 19 heavy (non-hydrogen) atoms. The minimum Gasteiger partial charge on any atom is -0.468 e. The fourth-order valence-electron chi connectivity index (χ4n) is 2.42. The Labute approximate surface area is 127 Å². The quantitative estimate of drug-likeness (QED) is 0.621. The molecule has 1 aliphatic rings. The van der Waals surface area contributed by atoms with Crippen molar-refractivity contribution < 1.29 is 9.53 Å². The average molecular weight is 347 g/mol. The van der Waals surface area contributed by atoms with Crippen molar-refractivity contribution in [3.05, 3.63) is 34.3 Å². The van der Waals surface area contributed by atoms with Crippen molar-refractivity contribution in [3.63, 3.8) is 0 Å². The van der Waals surface area contributed by atoms with Gasteiger partial charge >= 0.3 is 5.97 Å². The predicted molar refractivity (Wildman–Crippen MR) is 79.3 cm³/mol. The van der Waals surface area contributed by atoms with Gasteiger partial charge in [-0.25, -0.2) is 0 Å². The number of ether oxygens (including phenoxy) is 1. The van der Waals surface area contributed by atoms with Crippen LogP contribution in [0.2, 0.25) is 0 Å². The first-order chi connectivity index (χ1) is 9.10. The van der Waals surface area contributed by atoms with Crippen LogP contribution >= 0.6 is 27.5 Å². The summed E-state index contributed by atoms with van der Waals surface area (Å²) in [6.45, 7) is 1.14. The van der Waals surface area contributed by atoms with Gasteiger partial charge in [-0.15, -0.1) is 11.6 Å². The minimum atomic E-state index is -0.199. The van der Waals surface area contributed by atoms with Gasteiger partial charge in [0.05, 0.1) is 13.7 Å². The van der Waals surface area contributed by atoms with E-state index >= 15 is 0 Å². The highest BCUT2D eigenvalue weighted by molar-refractivity contribution is 9.10. The third-order valence-corrected chi connectivity index (χ3v) is 4.39. The molecule has 5 heteroatoms. The molecule has 0 spiro atoms. The first-order valence-corrected chi connectivity index (χ1v) is 7.53. The summed E-state index contributed by atoms with van der Waals surface area (Å²) in [5.41, 5.74) is 1.19. The molecular formula is C14H17BrClNO2. The summed E-state index contributed by atoms with van der Waals surface area (Å²) in [6, 6.07) is 8.37. The van der Waals surface area contributed by atoms with Crippen molar-refractivity contribution in [1.29, 1.82) is 0 Å². The zero-order valence-corrected chi connectivity index (χ0v) is 13.2. The Morgan fingerprint density at radius 1 is 1.47 bits per heavy atom. The third kappa shape index (κ3) is 3.94. The number of carbonyl (C=O) groups is 1. The molecule has 1 saturated heterocycles. The Balaban J connectivity index is 2.16. The molecule has 2 unspecified atom stereocenters. The summed E-state index contributed by atoms with van der Waals surface area (Å²) < 4.78 is 5.81. The summed E-state index contributed by atoms with van der Waals surface area (Å²) in [4.78, 5) is 13.6. The lowest BCUT2D eigenvalue weighted by atomic mass is 9.95. The van der Waals surface area contributed by atoms with E-state index in [4.69, 9.17) is 16.3 Å². The van der Waals surface area contributed by atoms with Crippen molar-refractivity contribution in [3.8, 4) is 0 Å². The van der Waals surface area contributed by atoms with Crippen molar-refractivity contribution >= 4 is 33.5 Å². The fourth-order valence-corrected chi connectivity index (χ4v) is 2.95. The van der Waals surface area contributed by atoms with Crippen molar-refractivity contribution in [2.45, 2.75) is 24.3 Å². The van der Waals surface area contributed by atoms with Gasteiger partial charge in [0.1, 0.15) is 0 Å². The molecule has 2 atom stereocenters. The Morgan fingerprint density at radius 2 is 2.16 bits per heavy atom. The number of carbonyl (C=O) groups excluding carboxylic acids is 1. The molecule has 1 fully saturated rings. The molecule has 2 rings (SSSR count). The lowest BCUT2D eigenvalue weighted by molar-refractivity contribution is -0.142. The molecule has 0 N–H and O–H groups in total. The Morgan fingerprint density at radius 3 is 2.79 bits per heavy atom. The van der Waals surface area contributed by atoms with Crippen molar-refractivity contribution in [2.24, 2.45) is 0 Å².